The number of hydrogen-bond donors (Lipinski definition) is 0. The zero-order valence-electron chi connectivity index (χ0n) is 11.0. The number of ketones is 1. The van der Waals surface area contributed by atoms with Crippen LogP contribution in [0.25, 0.3) is 0 Å². The van der Waals surface area contributed by atoms with Crippen LogP contribution in [0.4, 0.5) is 0 Å². The Morgan fingerprint density at radius 3 is 2.67 bits per heavy atom. The van der Waals surface area contributed by atoms with E-state index in [-0.39, 0.29) is 5.78 Å². The van der Waals surface area contributed by atoms with Crippen LogP contribution in [0.5, 0.6) is 5.75 Å². The van der Waals surface area contributed by atoms with Gasteiger partial charge in [-0.15, -0.1) is 0 Å². The Labute approximate surface area is 109 Å². The van der Waals surface area contributed by atoms with Crippen molar-refractivity contribution < 1.29 is 9.53 Å². The van der Waals surface area contributed by atoms with Crippen molar-refractivity contribution in [3.8, 4) is 5.75 Å². The van der Waals surface area contributed by atoms with Crippen LogP contribution in [-0.4, -0.2) is 36.9 Å². The smallest absolute Gasteiger partial charge is 0.180 e. The van der Waals surface area contributed by atoms with Crippen LogP contribution < -0.4 is 4.74 Å². The summed E-state index contributed by atoms with van der Waals surface area (Å²) in [5.41, 5.74) is 0.713. The van der Waals surface area contributed by atoms with Crippen LogP contribution in [0.2, 0.25) is 0 Å². The average molecular weight is 247 g/mol. The molecule has 3 heteroatoms. The van der Waals surface area contributed by atoms with Gasteiger partial charge in [0.25, 0.3) is 0 Å². The minimum atomic E-state index is 0.168. The molecule has 1 aromatic carbocycles. The summed E-state index contributed by atoms with van der Waals surface area (Å²) in [7, 11) is 0. The molecule has 2 rings (SSSR count). The monoisotopic (exact) mass is 247 g/mol. The first kappa shape index (κ1) is 13.1. The first-order valence-electron chi connectivity index (χ1n) is 6.78. The van der Waals surface area contributed by atoms with Crippen molar-refractivity contribution in [1.29, 1.82) is 0 Å². The standard InChI is InChI=1S/C15H21NO2/c1-2-18-15-9-5-4-8-13(15)14(17)12-16-10-6-3-7-11-16/h4-5,8-9H,2-3,6-7,10-12H2,1H3. The molecule has 0 bridgehead atoms. The number of hydrogen-bond acceptors (Lipinski definition) is 3. The first-order valence-corrected chi connectivity index (χ1v) is 6.78. The fourth-order valence-electron chi connectivity index (χ4n) is 2.38. The second kappa shape index (κ2) is 6.55. The molecule has 0 aromatic heterocycles. The van der Waals surface area contributed by atoms with E-state index in [2.05, 4.69) is 4.90 Å². The molecule has 1 heterocycles. The van der Waals surface area contributed by atoms with E-state index in [1.54, 1.807) is 0 Å². The highest BCUT2D eigenvalue weighted by Gasteiger charge is 2.17. The molecule has 98 valence electrons. The summed E-state index contributed by atoms with van der Waals surface area (Å²) in [6.45, 7) is 5.13. The van der Waals surface area contributed by atoms with Crippen LogP contribution in [0, 0.1) is 0 Å². The normalized spacial score (nSPS) is 16.5. The van der Waals surface area contributed by atoms with Gasteiger partial charge in [-0.2, -0.15) is 0 Å². The molecule has 0 spiro atoms. The Hall–Kier alpha value is -1.35. The lowest BCUT2D eigenvalue weighted by atomic mass is 10.1. The maximum atomic E-state index is 12.3. The Kier molecular flexibility index (Phi) is 4.76. The van der Waals surface area contributed by atoms with Gasteiger partial charge in [-0.25, -0.2) is 0 Å². The van der Waals surface area contributed by atoms with Crippen molar-refractivity contribution in [2.45, 2.75) is 26.2 Å². The van der Waals surface area contributed by atoms with E-state index < -0.39 is 0 Å². The highest BCUT2D eigenvalue weighted by molar-refractivity contribution is 6.00. The van der Waals surface area contributed by atoms with Gasteiger partial charge in [-0.05, 0) is 45.0 Å². The van der Waals surface area contributed by atoms with Gasteiger partial charge in [-0.3, -0.25) is 9.69 Å². The van der Waals surface area contributed by atoms with Gasteiger partial charge in [0.05, 0.1) is 18.7 Å². The van der Waals surface area contributed by atoms with Gasteiger partial charge in [0.1, 0.15) is 5.75 Å². The number of likely N-dealkylation sites (tertiary alicyclic amines) is 1. The zero-order valence-corrected chi connectivity index (χ0v) is 11.0. The van der Waals surface area contributed by atoms with Crippen LogP contribution >= 0.6 is 0 Å². The molecule has 0 saturated carbocycles. The number of rotatable bonds is 5. The van der Waals surface area contributed by atoms with Crippen molar-refractivity contribution in [3.63, 3.8) is 0 Å². The number of benzene rings is 1. The Morgan fingerprint density at radius 1 is 1.22 bits per heavy atom. The van der Waals surface area contributed by atoms with Crippen molar-refractivity contribution in [3.05, 3.63) is 29.8 Å². The molecule has 1 aliphatic rings. The number of piperidine rings is 1. The first-order chi connectivity index (χ1) is 8.81. The average Bonchev–Trinajstić information content (AvgIpc) is 2.41. The summed E-state index contributed by atoms with van der Waals surface area (Å²) in [4.78, 5) is 14.5. The van der Waals surface area contributed by atoms with Crippen molar-refractivity contribution in [1.82, 2.24) is 4.90 Å². The summed E-state index contributed by atoms with van der Waals surface area (Å²) in [6.07, 6.45) is 3.71. The molecule has 0 radical (unpaired) electrons. The highest BCUT2D eigenvalue weighted by atomic mass is 16.5. The number of Topliss-reactive ketones (excluding diaryl/α,β-unsaturated/α-hetero) is 1. The molecule has 1 fully saturated rings. The topological polar surface area (TPSA) is 29.5 Å². The van der Waals surface area contributed by atoms with Gasteiger partial charge < -0.3 is 4.74 Å². The largest absolute Gasteiger partial charge is 0.493 e. The molecule has 1 aliphatic heterocycles. The number of ether oxygens (including phenoxy) is 1. The molecule has 0 unspecified atom stereocenters. The van der Waals surface area contributed by atoms with E-state index in [0.717, 1.165) is 13.1 Å². The summed E-state index contributed by atoms with van der Waals surface area (Å²) >= 11 is 0. The van der Waals surface area contributed by atoms with Gasteiger partial charge in [0, 0.05) is 0 Å². The SMILES string of the molecule is CCOc1ccccc1C(=O)CN1CCCCC1. The van der Waals surface area contributed by atoms with Crippen molar-refractivity contribution in [2.75, 3.05) is 26.2 Å². The van der Waals surface area contributed by atoms with E-state index in [1.807, 2.05) is 31.2 Å². The minimum Gasteiger partial charge on any atom is -0.493 e. The van der Waals surface area contributed by atoms with E-state index in [0.29, 0.717) is 24.5 Å². The predicted molar refractivity (Wildman–Crippen MR) is 72.2 cm³/mol. The fraction of sp³-hybridized carbons (Fsp3) is 0.533. The summed E-state index contributed by atoms with van der Waals surface area (Å²) in [6, 6.07) is 7.53. The van der Waals surface area contributed by atoms with Gasteiger partial charge in [-0.1, -0.05) is 18.6 Å². The molecular weight excluding hydrogens is 226 g/mol. The molecule has 1 saturated heterocycles. The van der Waals surface area contributed by atoms with Crippen LogP contribution in [0.15, 0.2) is 24.3 Å². The van der Waals surface area contributed by atoms with Crippen molar-refractivity contribution in [2.24, 2.45) is 0 Å². The van der Waals surface area contributed by atoms with Crippen molar-refractivity contribution >= 4 is 5.78 Å². The molecule has 0 aliphatic carbocycles. The predicted octanol–water partition coefficient (Wildman–Crippen LogP) is 2.75. The summed E-state index contributed by atoms with van der Waals surface area (Å²) in [5.74, 6) is 0.878. The maximum Gasteiger partial charge on any atom is 0.180 e. The van der Waals surface area contributed by atoms with Gasteiger partial charge >= 0.3 is 0 Å². The molecule has 18 heavy (non-hydrogen) atoms. The zero-order chi connectivity index (χ0) is 12.8. The summed E-state index contributed by atoms with van der Waals surface area (Å²) in [5, 5.41) is 0. The summed E-state index contributed by atoms with van der Waals surface area (Å²) < 4.78 is 5.51. The molecule has 1 aromatic rings. The lowest BCUT2D eigenvalue weighted by Gasteiger charge is -2.25. The third kappa shape index (κ3) is 3.33. The highest BCUT2D eigenvalue weighted by Crippen LogP contribution is 2.19. The fourth-order valence-corrected chi connectivity index (χ4v) is 2.38. The van der Waals surface area contributed by atoms with E-state index in [4.69, 9.17) is 4.74 Å². The Bertz CT molecular complexity index is 397. The maximum absolute atomic E-state index is 12.3. The van der Waals surface area contributed by atoms with Crippen LogP contribution in [-0.2, 0) is 0 Å². The molecule has 0 atom stereocenters. The number of carbonyl (C=O) groups excluding carboxylic acids is 1. The second-order valence-corrected chi connectivity index (χ2v) is 4.69. The third-order valence-electron chi connectivity index (χ3n) is 3.30. The van der Waals surface area contributed by atoms with Gasteiger partial charge in [0.2, 0.25) is 0 Å². The number of carbonyl (C=O) groups is 1. The third-order valence-corrected chi connectivity index (χ3v) is 3.30. The molecular formula is C15H21NO2. The Balaban J connectivity index is 2.03. The van der Waals surface area contributed by atoms with E-state index >= 15 is 0 Å². The number of nitrogens with zero attached hydrogens (tertiary/aromatic N) is 1. The minimum absolute atomic E-state index is 0.168. The lowest BCUT2D eigenvalue weighted by Crippen LogP contribution is -2.34. The number of para-hydroxylation sites is 1. The molecule has 0 N–H and O–H groups in total. The Morgan fingerprint density at radius 2 is 1.94 bits per heavy atom. The van der Waals surface area contributed by atoms with Crippen LogP contribution in [0.3, 0.4) is 0 Å². The van der Waals surface area contributed by atoms with E-state index in [1.165, 1.54) is 19.3 Å². The van der Waals surface area contributed by atoms with Gasteiger partial charge in [0.15, 0.2) is 5.78 Å². The van der Waals surface area contributed by atoms with Crippen LogP contribution in [0.1, 0.15) is 36.5 Å². The van der Waals surface area contributed by atoms with E-state index in [9.17, 15) is 4.79 Å². The molecule has 0 amide bonds. The quantitative estimate of drug-likeness (QED) is 0.749. The molecule has 3 nitrogen and oxygen atoms in total. The lowest BCUT2D eigenvalue weighted by molar-refractivity contribution is 0.0912. The second-order valence-electron chi connectivity index (χ2n) is 4.69.